The van der Waals surface area contributed by atoms with Gasteiger partial charge < -0.3 is 14.2 Å². The average molecular weight is 424 g/mol. The maximum Gasteiger partial charge on any atom is 0.327 e. The second kappa shape index (κ2) is 6.72. The normalized spacial score (nSPS) is 28.6. The van der Waals surface area contributed by atoms with Gasteiger partial charge in [0.2, 0.25) is 0 Å². The van der Waals surface area contributed by atoms with Gasteiger partial charge in [0.15, 0.2) is 0 Å². The Hall–Kier alpha value is -1.83. The van der Waals surface area contributed by atoms with Crippen LogP contribution in [0, 0.1) is 0 Å². The predicted octanol–water partition coefficient (Wildman–Crippen LogP) is 2.26. The maximum absolute atomic E-state index is 12.6. The van der Waals surface area contributed by atoms with Gasteiger partial charge in [0, 0.05) is 31.9 Å². The second-order valence-corrected chi connectivity index (χ2v) is 8.18. The van der Waals surface area contributed by atoms with Crippen LogP contribution in [-0.2, 0) is 11.8 Å². The van der Waals surface area contributed by atoms with E-state index in [4.69, 9.17) is 4.74 Å². The Morgan fingerprint density at radius 1 is 1.12 bits per heavy atom. The van der Waals surface area contributed by atoms with E-state index in [9.17, 15) is 14.4 Å². The maximum atomic E-state index is 12.6. The lowest BCUT2D eigenvalue weighted by Gasteiger charge is -2.33. The molecule has 3 fully saturated rings. The number of pyridine rings is 1. The highest BCUT2D eigenvalue weighted by Gasteiger charge is 2.50. The van der Waals surface area contributed by atoms with Gasteiger partial charge >= 0.3 is 6.03 Å². The molecule has 3 amide bonds. The predicted molar refractivity (Wildman–Crippen MR) is 98.0 cm³/mol. The third kappa shape index (κ3) is 2.94. The number of nitrogens with zero attached hydrogens (tertiary/aromatic N) is 3. The van der Waals surface area contributed by atoms with Crippen LogP contribution in [0.3, 0.4) is 0 Å². The number of carbonyl (C=O) groups is 2. The zero-order valence-electron chi connectivity index (χ0n) is 14.7. The monoisotopic (exact) mass is 423 g/mol. The van der Waals surface area contributed by atoms with Gasteiger partial charge in [-0.05, 0) is 54.5 Å². The van der Waals surface area contributed by atoms with Crippen molar-refractivity contribution in [1.29, 1.82) is 0 Å². The van der Waals surface area contributed by atoms with Crippen molar-refractivity contribution in [3.05, 3.63) is 27.1 Å². The van der Waals surface area contributed by atoms with Crippen molar-refractivity contribution in [3.63, 3.8) is 0 Å². The first-order valence-corrected chi connectivity index (χ1v) is 9.91. The number of hydrogen-bond donors (Lipinski definition) is 0. The number of carbonyl (C=O) groups excluding carboxylic acids is 2. The number of aryl methyl sites for hydroxylation is 1. The van der Waals surface area contributed by atoms with Crippen LogP contribution in [-0.4, -0.2) is 51.0 Å². The minimum atomic E-state index is -0.229. The van der Waals surface area contributed by atoms with E-state index in [1.807, 2.05) is 0 Å². The molecule has 1 aromatic heterocycles. The van der Waals surface area contributed by atoms with E-state index in [1.165, 1.54) is 15.5 Å². The third-order valence-corrected chi connectivity index (χ3v) is 6.27. The molecule has 1 aromatic rings. The van der Waals surface area contributed by atoms with Gasteiger partial charge in [0.25, 0.3) is 11.5 Å². The number of hydrogen-bond acceptors (Lipinski definition) is 4. The number of imide groups is 1. The van der Waals surface area contributed by atoms with Gasteiger partial charge in [0.1, 0.15) is 11.8 Å². The van der Waals surface area contributed by atoms with E-state index >= 15 is 0 Å². The van der Waals surface area contributed by atoms with E-state index in [1.54, 1.807) is 18.1 Å². The third-order valence-electron chi connectivity index (χ3n) is 5.67. The summed E-state index contributed by atoms with van der Waals surface area (Å²) in [7, 11) is 1.69. The largest absolute Gasteiger partial charge is 0.489 e. The highest BCUT2D eigenvalue weighted by Crippen LogP contribution is 2.34. The SMILES string of the molecule is Cn1cc(Br)c(O[C@H]2CC[C@H](N3C(=O)[C@@H]4CCCN4C3=O)CC2)cc1=O. The van der Waals surface area contributed by atoms with Gasteiger partial charge in [-0.15, -0.1) is 0 Å². The molecule has 0 aromatic carbocycles. The van der Waals surface area contributed by atoms with Crippen LogP contribution in [0.1, 0.15) is 38.5 Å². The smallest absolute Gasteiger partial charge is 0.327 e. The van der Waals surface area contributed by atoms with Crippen LogP contribution in [0.25, 0.3) is 0 Å². The first-order chi connectivity index (χ1) is 12.5. The van der Waals surface area contributed by atoms with E-state index in [0.29, 0.717) is 12.3 Å². The number of ether oxygens (including phenoxy) is 1. The molecule has 3 aliphatic rings. The Morgan fingerprint density at radius 2 is 1.85 bits per heavy atom. The molecule has 2 saturated heterocycles. The number of halogens is 1. The summed E-state index contributed by atoms with van der Waals surface area (Å²) in [6.07, 6.45) is 6.39. The van der Waals surface area contributed by atoms with Crippen LogP contribution in [0.2, 0.25) is 0 Å². The van der Waals surface area contributed by atoms with Crippen molar-refractivity contribution in [1.82, 2.24) is 14.4 Å². The second-order valence-electron chi connectivity index (χ2n) is 7.33. The van der Waals surface area contributed by atoms with Gasteiger partial charge in [-0.25, -0.2) is 4.79 Å². The quantitative estimate of drug-likeness (QED) is 0.698. The molecule has 1 aliphatic carbocycles. The van der Waals surface area contributed by atoms with E-state index in [-0.39, 0.29) is 35.7 Å². The first-order valence-electron chi connectivity index (χ1n) is 9.12. The number of fused-ring (bicyclic) bond motifs is 1. The summed E-state index contributed by atoms with van der Waals surface area (Å²) in [6, 6.07) is 1.11. The molecule has 1 atom stereocenters. The summed E-state index contributed by atoms with van der Waals surface area (Å²) in [5, 5.41) is 0. The van der Waals surface area contributed by atoms with Crippen molar-refractivity contribution in [2.75, 3.05) is 6.54 Å². The molecule has 0 N–H and O–H groups in total. The Labute approximate surface area is 160 Å². The lowest BCUT2D eigenvalue weighted by atomic mass is 9.91. The zero-order valence-corrected chi connectivity index (χ0v) is 16.3. The van der Waals surface area contributed by atoms with Gasteiger partial charge in [-0.3, -0.25) is 14.5 Å². The van der Waals surface area contributed by atoms with E-state index < -0.39 is 0 Å². The molecule has 0 spiro atoms. The number of rotatable bonds is 3. The van der Waals surface area contributed by atoms with Crippen molar-refractivity contribution < 1.29 is 14.3 Å². The minimum Gasteiger partial charge on any atom is -0.489 e. The van der Waals surface area contributed by atoms with Gasteiger partial charge in [0.05, 0.1) is 10.6 Å². The molecule has 3 heterocycles. The lowest BCUT2D eigenvalue weighted by Crippen LogP contribution is -2.44. The molecule has 8 heteroatoms. The fraction of sp³-hybridized carbons (Fsp3) is 0.611. The molecule has 0 unspecified atom stereocenters. The van der Waals surface area contributed by atoms with E-state index in [2.05, 4.69) is 15.9 Å². The van der Waals surface area contributed by atoms with Gasteiger partial charge in [-0.2, -0.15) is 0 Å². The summed E-state index contributed by atoms with van der Waals surface area (Å²) in [5.41, 5.74) is -0.120. The summed E-state index contributed by atoms with van der Waals surface area (Å²) in [4.78, 5) is 40.1. The van der Waals surface area contributed by atoms with Crippen LogP contribution in [0.15, 0.2) is 21.5 Å². The molecule has 1 saturated carbocycles. The van der Waals surface area contributed by atoms with Crippen LogP contribution in [0.4, 0.5) is 4.79 Å². The molecule has 4 rings (SSSR count). The standard InChI is InChI=1S/C18H22BrN3O4/c1-20-10-13(19)15(9-16(20)23)26-12-6-4-11(5-7-12)22-17(24)14-3-2-8-21(14)18(22)25/h9-12,14H,2-8H2,1H3/t11-,12-,14-/m0/s1. The lowest BCUT2D eigenvalue weighted by molar-refractivity contribution is -0.130. The summed E-state index contributed by atoms with van der Waals surface area (Å²) < 4.78 is 8.24. The summed E-state index contributed by atoms with van der Waals surface area (Å²) in [5.74, 6) is 0.525. The molecule has 2 aliphatic heterocycles. The number of amides is 3. The van der Waals surface area contributed by atoms with Gasteiger partial charge in [-0.1, -0.05) is 0 Å². The molecule has 0 radical (unpaired) electrons. The van der Waals surface area contributed by atoms with Crippen molar-refractivity contribution in [3.8, 4) is 5.75 Å². The molecule has 0 bridgehead atoms. The van der Waals surface area contributed by atoms with Crippen LogP contribution < -0.4 is 10.3 Å². The zero-order chi connectivity index (χ0) is 18.4. The first kappa shape index (κ1) is 17.6. The Kier molecular flexibility index (Phi) is 4.54. The molecule has 26 heavy (non-hydrogen) atoms. The molecule has 140 valence electrons. The van der Waals surface area contributed by atoms with Crippen molar-refractivity contribution >= 4 is 27.9 Å². The van der Waals surface area contributed by atoms with Crippen LogP contribution in [0.5, 0.6) is 5.75 Å². The topological polar surface area (TPSA) is 71.8 Å². The van der Waals surface area contributed by atoms with Crippen molar-refractivity contribution in [2.45, 2.75) is 56.7 Å². The minimum absolute atomic E-state index is 0.0118. The van der Waals surface area contributed by atoms with E-state index in [0.717, 1.165) is 43.0 Å². The fourth-order valence-corrected chi connectivity index (χ4v) is 4.77. The summed E-state index contributed by atoms with van der Waals surface area (Å²) in [6.45, 7) is 0.696. The average Bonchev–Trinajstić information content (AvgIpc) is 3.18. The Bertz CT molecular complexity index is 778. The summed E-state index contributed by atoms with van der Waals surface area (Å²) >= 11 is 3.43. The highest BCUT2D eigenvalue weighted by molar-refractivity contribution is 9.10. The molecule has 7 nitrogen and oxygen atoms in total. The fourth-order valence-electron chi connectivity index (χ4n) is 4.25. The molecular formula is C18H22BrN3O4. The highest BCUT2D eigenvalue weighted by atomic mass is 79.9. The Morgan fingerprint density at radius 3 is 2.54 bits per heavy atom. The Balaban J connectivity index is 1.39. The van der Waals surface area contributed by atoms with Crippen molar-refractivity contribution in [2.24, 2.45) is 7.05 Å². The number of urea groups is 1. The van der Waals surface area contributed by atoms with Crippen LogP contribution >= 0.6 is 15.9 Å². The number of aromatic nitrogens is 1. The molecular weight excluding hydrogens is 402 g/mol.